The van der Waals surface area contributed by atoms with Gasteiger partial charge < -0.3 is 25.5 Å². The summed E-state index contributed by atoms with van der Waals surface area (Å²) in [6.45, 7) is -0.696. The first kappa shape index (κ1) is 8.80. The number of rotatable bonds is 3. The summed E-state index contributed by atoms with van der Waals surface area (Å²) in [5.41, 5.74) is 0. The van der Waals surface area contributed by atoms with E-state index in [1.165, 1.54) is 0 Å². The van der Waals surface area contributed by atoms with Crippen molar-refractivity contribution >= 4 is 0 Å². The molecular formula is C4H10O5. The first-order valence-corrected chi connectivity index (χ1v) is 2.42. The van der Waals surface area contributed by atoms with Crippen LogP contribution in [0.2, 0.25) is 0 Å². The first-order chi connectivity index (χ1) is 4.09. The molecule has 0 aliphatic carbocycles. The molecule has 0 rings (SSSR count). The molecule has 0 spiro atoms. The van der Waals surface area contributed by atoms with Crippen LogP contribution in [0, 0.1) is 0 Å². The molecule has 0 aromatic rings. The van der Waals surface area contributed by atoms with E-state index in [9.17, 15) is 0 Å². The third-order valence-electron chi connectivity index (χ3n) is 0.887. The highest BCUT2D eigenvalue weighted by Gasteiger charge is 2.21. The van der Waals surface area contributed by atoms with Crippen molar-refractivity contribution in [2.75, 3.05) is 6.61 Å². The highest BCUT2D eigenvalue weighted by atomic mass is 16.5. The monoisotopic (exact) mass is 138 g/mol. The topological polar surface area (TPSA) is 101 Å². The van der Waals surface area contributed by atoms with Gasteiger partial charge in [0.25, 0.3) is 0 Å². The van der Waals surface area contributed by atoms with Crippen molar-refractivity contribution in [2.45, 2.75) is 18.5 Å². The Morgan fingerprint density at radius 2 is 1.44 bits per heavy atom. The lowest BCUT2D eigenvalue weighted by atomic mass is 10.2. The Labute approximate surface area is 51.8 Å². The Hall–Kier alpha value is -0.200. The van der Waals surface area contributed by atoms with Gasteiger partial charge in [-0.1, -0.05) is 0 Å². The van der Waals surface area contributed by atoms with Crippen LogP contribution in [0.4, 0.5) is 0 Å². The van der Waals surface area contributed by atoms with Crippen LogP contribution in [0.1, 0.15) is 0 Å². The maximum absolute atomic E-state index is 8.48. The van der Waals surface area contributed by atoms with Gasteiger partial charge in [0.2, 0.25) is 0 Å². The summed E-state index contributed by atoms with van der Waals surface area (Å²) in [5.74, 6) is 0. The summed E-state index contributed by atoms with van der Waals surface area (Å²) in [7, 11) is 0. The third-order valence-corrected chi connectivity index (χ3v) is 0.887. The van der Waals surface area contributed by atoms with Gasteiger partial charge in [0.1, 0.15) is 12.2 Å². The van der Waals surface area contributed by atoms with Crippen molar-refractivity contribution in [3.63, 3.8) is 0 Å². The van der Waals surface area contributed by atoms with Crippen LogP contribution in [-0.2, 0) is 0 Å². The predicted octanol–water partition coefficient (Wildman–Crippen LogP) is -2.99. The quantitative estimate of drug-likeness (QED) is 0.268. The Bertz CT molecular complexity index is 73.4. The smallest absolute Gasteiger partial charge is 0.180 e. The third kappa shape index (κ3) is 2.73. The molecule has 9 heavy (non-hydrogen) atoms. The van der Waals surface area contributed by atoms with Gasteiger partial charge in [-0.2, -0.15) is 0 Å². The van der Waals surface area contributed by atoms with Gasteiger partial charge in [-0.3, -0.25) is 0 Å². The van der Waals surface area contributed by atoms with E-state index in [1.807, 2.05) is 0 Å². The van der Waals surface area contributed by atoms with Crippen LogP contribution in [0.3, 0.4) is 0 Å². The van der Waals surface area contributed by atoms with Gasteiger partial charge in [-0.15, -0.1) is 0 Å². The number of aliphatic hydroxyl groups is 5. The van der Waals surface area contributed by atoms with Gasteiger partial charge in [0.05, 0.1) is 6.61 Å². The Kier molecular flexibility index (Phi) is 3.67. The second-order valence-corrected chi connectivity index (χ2v) is 1.65. The number of aliphatic hydroxyl groups excluding tert-OH is 4. The molecule has 56 valence electrons. The number of hydrogen-bond donors (Lipinski definition) is 5. The average Bonchev–Trinajstić information content (AvgIpc) is 1.84. The average molecular weight is 138 g/mol. The second kappa shape index (κ2) is 3.76. The van der Waals surface area contributed by atoms with Gasteiger partial charge in [0.15, 0.2) is 6.29 Å². The SMILES string of the molecule is OC[C@H](O)[C@H](O)C(O)O. The van der Waals surface area contributed by atoms with Crippen LogP contribution in [0.15, 0.2) is 0 Å². The lowest BCUT2D eigenvalue weighted by molar-refractivity contribution is -0.163. The van der Waals surface area contributed by atoms with Crippen LogP contribution in [0.25, 0.3) is 0 Å². The molecule has 5 N–H and O–H groups in total. The van der Waals surface area contributed by atoms with E-state index in [2.05, 4.69) is 0 Å². The van der Waals surface area contributed by atoms with E-state index in [1.54, 1.807) is 0 Å². The fraction of sp³-hybridized carbons (Fsp3) is 1.00. The fourth-order valence-electron chi connectivity index (χ4n) is 0.307. The minimum absolute atomic E-state index is 0.696. The summed E-state index contributed by atoms with van der Waals surface area (Å²) >= 11 is 0. The van der Waals surface area contributed by atoms with E-state index >= 15 is 0 Å². The van der Waals surface area contributed by atoms with Gasteiger partial charge in [-0.25, -0.2) is 0 Å². The zero-order valence-corrected chi connectivity index (χ0v) is 4.68. The van der Waals surface area contributed by atoms with Crippen molar-refractivity contribution in [3.05, 3.63) is 0 Å². The minimum Gasteiger partial charge on any atom is -0.394 e. The van der Waals surface area contributed by atoms with Crippen molar-refractivity contribution in [1.29, 1.82) is 0 Å². The fourth-order valence-corrected chi connectivity index (χ4v) is 0.307. The molecule has 0 fully saturated rings. The van der Waals surface area contributed by atoms with Crippen LogP contribution >= 0.6 is 0 Å². The van der Waals surface area contributed by atoms with E-state index in [0.29, 0.717) is 0 Å². The molecule has 5 nitrogen and oxygen atoms in total. The number of hydrogen-bond acceptors (Lipinski definition) is 5. The van der Waals surface area contributed by atoms with Gasteiger partial charge >= 0.3 is 0 Å². The van der Waals surface area contributed by atoms with Crippen LogP contribution in [-0.4, -0.2) is 50.6 Å². The minimum atomic E-state index is -2.01. The lowest BCUT2D eigenvalue weighted by Crippen LogP contribution is -2.39. The highest BCUT2D eigenvalue weighted by molar-refractivity contribution is 4.66. The molecule has 0 aromatic heterocycles. The molecule has 0 radical (unpaired) electrons. The molecule has 0 amide bonds. The van der Waals surface area contributed by atoms with Gasteiger partial charge in [0, 0.05) is 0 Å². The molecule has 0 aromatic carbocycles. The van der Waals surface area contributed by atoms with Crippen molar-refractivity contribution in [1.82, 2.24) is 0 Å². The molecule has 0 bridgehead atoms. The van der Waals surface area contributed by atoms with E-state index in [0.717, 1.165) is 0 Å². The summed E-state index contributed by atoms with van der Waals surface area (Å²) in [6, 6.07) is 0. The summed E-state index contributed by atoms with van der Waals surface area (Å²) in [6.07, 6.45) is -5.20. The van der Waals surface area contributed by atoms with Crippen LogP contribution in [0.5, 0.6) is 0 Å². The molecule has 0 saturated carbocycles. The van der Waals surface area contributed by atoms with Crippen molar-refractivity contribution < 1.29 is 25.5 Å². The lowest BCUT2D eigenvalue weighted by Gasteiger charge is -2.16. The van der Waals surface area contributed by atoms with Crippen molar-refractivity contribution in [3.8, 4) is 0 Å². The standard InChI is InChI=1S/C4H10O5/c5-1-2(6)3(7)4(8)9/h2-9H,1H2/t2-,3-/m0/s1. The maximum atomic E-state index is 8.48. The molecule has 0 saturated heterocycles. The Balaban J connectivity index is 3.58. The van der Waals surface area contributed by atoms with E-state index < -0.39 is 25.1 Å². The van der Waals surface area contributed by atoms with E-state index in [-0.39, 0.29) is 0 Å². The molecule has 2 atom stereocenters. The summed E-state index contributed by atoms with van der Waals surface area (Å²) < 4.78 is 0. The summed E-state index contributed by atoms with van der Waals surface area (Å²) in [4.78, 5) is 0. The van der Waals surface area contributed by atoms with E-state index in [4.69, 9.17) is 25.5 Å². The molecule has 0 aliphatic heterocycles. The Morgan fingerprint density at radius 3 is 1.56 bits per heavy atom. The molecule has 5 heteroatoms. The van der Waals surface area contributed by atoms with Crippen molar-refractivity contribution in [2.24, 2.45) is 0 Å². The first-order valence-electron chi connectivity index (χ1n) is 2.42. The second-order valence-electron chi connectivity index (χ2n) is 1.65. The summed E-state index contributed by atoms with van der Waals surface area (Å²) in [5, 5.41) is 41.4. The zero-order valence-electron chi connectivity index (χ0n) is 4.68. The molecular weight excluding hydrogens is 128 g/mol. The highest BCUT2D eigenvalue weighted by Crippen LogP contribution is 1.95. The molecule has 0 unspecified atom stereocenters. The van der Waals surface area contributed by atoms with Gasteiger partial charge in [-0.05, 0) is 0 Å². The maximum Gasteiger partial charge on any atom is 0.180 e. The predicted molar refractivity (Wildman–Crippen MR) is 27.3 cm³/mol. The zero-order chi connectivity index (χ0) is 7.44. The Morgan fingerprint density at radius 1 is 1.00 bits per heavy atom. The van der Waals surface area contributed by atoms with Crippen LogP contribution < -0.4 is 0 Å². The normalized spacial score (nSPS) is 18.0. The largest absolute Gasteiger partial charge is 0.394 e. The molecule has 0 aliphatic rings. The molecule has 0 heterocycles.